The van der Waals surface area contributed by atoms with Crippen LogP contribution >= 0.6 is 0 Å². The third-order valence-corrected chi connectivity index (χ3v) is 6.25. The molecule has 33 heavy (non-hydrogen) atoms. The zero-order valence-corrected chi connectivity index (χ0v) is 19.2. The Morgan fingerprint density at radius 3 is 2.76 bits per heavy atom. The molecule has 4 heterocycles. The molecule has 4 aromatic rings. The molecule has 0 atom stereocenters. The van der Waals surface area contributed by atoms with Gasteiger partial charge in [-0.2, -0.15) is 0 Å². The molecule has 5 rings (SSSR count). The number of fused-ring (bicyclic) bond motifs is 2. The van der Waals surface area contributed by atoms with E-state index in [9.17, 15) is 4.79 Å². The smallest absolute Gasteiger partial charge is 0.278 e. The van der Waals surface area contributed by atoms with Gasteiger partial charge in [-0.1, -0.05) is 19.0 Å². The number of amides is 1. The van der Waals surface area contributed by atoms with Gasteiger partial charge >= 0.3 is 0 Å². The number of hydrogen-bond donors (Lipinski definition) is 2. The van der Waals surface area contributed by atoms with Crippen molar-refractivity contribution in [1.82, 2.24) is 20.1 Å². The number of carbonyl (C=O) groups is 1. The standard InChI is InChI=1S/C25H26N6O2/c1-14-18(15-7-16-12-29-22(26-4)9-20(16)28-11-15)8-17(13-27-14)30-24(32)23-19-10-25(2,3)6-5-21(19)33-31-23/h7-9,11-13H,5-6,10H2,1-4H3,(H,26,29)(H,30,32). The van der Waals surface area contributed by atoms with Crippen LogP contribution in [0.4, 0.5) is 11.5 Å². The largest absolute Gasteiger partial charge is 0.373 e. The van der Waals surface area contributed by atoms with Crippen molar-refractivity contribution in [2.45, 2.75) is 40.0 Å². The monoisotopic (exact) mass is 442 g/mol. The van der Waals surface area contributed by atoms with Gasteiger partial charge in [0, 0.05) is 59.7 Å². The van der Waals surface area contributed by atoms with Crippen molar-refractivity contribution in [2.75, 3.05) is 17.7 Å². The summed E-state index contributed by atoms with van der Waals surface area (Å²) >= 11 is 0. The van der Waals surface area contributed by atoms with Crippen LogP contribution < -0.4 is 10.6 Å². The summed E-state index contributed by atoms with van der Waals surface area (Å²) in [5, 5.41) is 11.0. The quantitative estimate of drug-likeness (QED) is 0.468. The number of rotatable bonds is 4. The number of carbonyl (C=O) groups excluding carboxylic acids is 1. The first-order valence-corrected chi connectivity index (χ1v) is 11.0. The number of hydrogen-bond acceptors (Lipinski definition) is 7. The van der Waals surface area contributed by atoms with Gasteiger partial charge in [0.1, 0.15) is 11.6 Å². The Hall–Kier alpha value is -3.81. The van der Waals surface area contributed by atoms with E-state index >= 15 is 0 Å². The first-order valence-electron chi connectivity index (χ1n) is 11.0. The molecular weight excluding hydrogens is 416 g/mol. The predicted molar refractivity (Wildman–Crippen MR) is 127 cm³/mol. The normalized spacial score (nSPS) is 14.7. The van der Waals surface area contributed by atoms with Gasteiger partial charge in [0.05, 0.1) is 17.4 Å². The summed E-state index contributed by atoms with van der Waals surface area (Å²) < 4.78 is 5.46. The van der Waals surface area contributed by atoms with Crippen LogP contribution in [0.1, 0.15) is 47.8 Å². The lowest BCUT2D eigenvalue weighted by Crippen LogP contribution is -2.24. The van der Waals surface area contributed by atoms with Crippen molar-refractivity contribution in [1.29, 1.82) is 0 Å². The van der Waals surface area contributed by atoms with Crippen molar-refractivity contribution < 1.29 is 9.32 Å². The maximum absolute atomic E-state index is 13.0. The highest BCUT2D eigenvalue weighted by atomic mass is 16.5. The second-order valence-corrected chi connectivity index (χ2v) is 9.32. The molecule has 4 aromatic heterocycles. The number of nitrogens with one attached hydrogen (secondary N) is 2. The maximum atomic E-state index is 13.0. The minimum Gasteiger partial charge on any atom is -0.373 e. The zero-order valence-electron chi connectivity index (χ0n) is 19.2. The highest BCUT2D eigenvalue weighted by Crippen LogP contribution is 2.36. The van der Waals surface area contributed by atoms with E-state index < -0.39 is 0 Å². The third kappa shape index (κ3) is 4.04. The van der Waals surface area contributed by atoms with Crippen molar-refractivity contribution in [3.63, 3.8) is 0 Å². The van der Waals surface area contributed by atoms with Crippen LogP contribution in [0.5, 0.6) is 0 Å². The Kier molecular flexibility index (Phi) is 5.08. The van der Waals surface area contributed by atoms with Crippen molar-refractivity contribution in [2.24, 2.45) is 5.41 Å². The van der Waals surface area contributed by atoms with Gasteiger partial charge < -0.3 is 15.2 Å². The van der Waals surface area contributed by atoms with E-state index in [0.29, 0.717) is 11.4 Å². The predicted octanol–water partition coefficient (Wildman–Crippen LogP) is 4.80. The van der Waals surface area contributed by atoms with E-state index in [4.69, 9.17) is 4.52 Å². The molecule has 0 saturated heterocycles. The summed E-state index contributed by atoms with van der Waals surface area (Å²) in [7, 11) is 1.83. The van der Waals surface area contributed by atoms with Gasteiger partial charge in [0.25, 0.3) is 5.91 Å². The molecule has 0 aromatic carbocycles. The first kappa shape index (κ1) is 21.1. The van der Waals surface area contributed by atoms with Crippen LogP contribution in [0.25, 0.3) is 22.0 Å². The number of aryl methyl sites for hydroxylation is 2. The van der Waals surface area contributed by atoms with E-state index in [1.54, 1.807) is 12.4 Å². The minimum absolute atomic E-state index is 0.123. The summed E-state index contributed by atoms with van der Waals surface area (Å²) in [6.45, 7) is 6.34. The molecule has 0 fully saturated rings. The van der Waals surface area contributed by atoms with E-state index in [-0.39, 0.29) is 11.3 Å². The summed E-state index contributed by atoms with van der Waals surface area (Å²) in [4.78, 5) is 26.5. The molecule has 0 radical (unpaired) electrons. The summed E-state index contributed by atoms with van der Waals surface area (Å²) in [5.74, 6) is 1.30. The lowest BCUT2D eigenvalue weighted by atomic mass is 9.76. The zero-order chi connectivity index (χ0) is 23.2. The Balaban J connectivity index is 1.44. The van der Waals surface area contributed by atoms with Crippen LogP contribution in [-0.2, 0) is 12.8 Å². The number of nitrogens with zero attached hydrogens (tertiary/aromatic N) is 4. The van der Waals surface area contributed by atoms with Crippen LogP contribution in [-0.4, -0.2) is 33.1 Å². The molecule has 8 heteroatoms. The van der Waals surface area contributed by atoms with Crippen LogP contribution in [0.2, 0.25) is 0 Å². The summed E-state index contributed by atoms with van der Waals surface area (Å²) in [6.07, 6.45) is 7.86. The van der Waals surface area contributed by atoms with E-state index in [1.165, 1.54) is 0 Å². The Bertz CT molecular complexity index is 1370. The van der Waals surface area contributed by atoms with Gasteiger partial charge in [-0.3, -0.25) is 14.8 Å². The van der Waals surface area contributed by atoms with E-state index in [2.05, 4.69) is 44.6 Å². The van der Waals surface area contributed by atoms with Gasteiger partial charge in [-0.25, -0.2) is 4.98 Å². The SMILES string of the molecule is CNc1cc2ncc(-c3cc(NC(=O)c4noc5c4CC(C)(C)CC5)cnc3C)cc2cn1. The molecule has 2 N–H and O–H groups in total. The van der Waals surface area contributed by atoms with Gasteiger partial charge in [-0.15, -0.1) is 0 Å². The summed E-state index contributed by atoms with van der Waals surface area (Å²) in [5.41, 5.74) is 5.48. The topological polar surface area (TPSA) is 106 Å². The molecule has 0 unspecified atom stereocenters. The Morgan fingerprint density at radius 1 is 1.09 bits per heavy atom. The molecule has 8 nitrogen and oxygen atoms in total. The fourth-order valence-corrected chi connectivity index (χ4v) is 4.31. The van der Waals surface area contributed by atoms with E-state index in [0.717, 1.165) is 64.1 Å². The van der Waals surface area contributed by atoms with Crippen LogP contribution in [0.15, 0.2) is 41.3 Å². The highest BCUT2D eigenvalue weighted by Gasteiger charge is 2.32. The molecule has 168 valence electrons. The average Bonchev–Trinajstić information content (AvgIpc) is 3.21. The molecule has 0 saturated carbocycles. The summed E-state index contributed by atoms with van der Waals surface area (Å²) in [6, 6.07) is 5.84. The fourth-order valence-electron chi connectivity index (χ4n) is 4.31. The first-order chi connectivity index (χ1) is 15.8. The molecule has 0 aliphatic heterocycles. The molecule has 0 spiro atoms. The van der Waals surface area contributed by atoms with Crippen LogP contribution in [0.3, 0.4) is 0 Å². The number of aromatic nitrogens is 4. The van der Waals surface area contributed by atoms with Gasteiger partial charge in [0.2, 0.25) is 0 Å². The molecule has 1 aliphatic carbocycles. The Labute approximate surface area is 191 Å². The maximum Gasteiger partial charge on any atom is 0.278 e. The molecular formula is C25H26N6O2. The second-order valence-electron chi connectivity index (χ2n) is 9.32. The van der Waals surface area contributed by atoms with E-state index in [1.807, 2.05) is 38.4 Å². The Morgan fingerprint density at radius 2 is 1.94 bits per heavy atom. The average molecular weight is 443 g/mol. The molecule has 1 aliphatic rings. The number of pyridine rings is 3. The third-order valence-electron chi connectivity index (χ3n) is 6.25. The lowest BCUT2D eigenvalue weighted by molar-refractivity contribution is 0.101. The van der Waals surface area contributed by atoms with Crippen molar-refractivity contribution >= 4 is 28.3 Å². The molecule has 0 bridgehead atoms. The minimum atomic E-state index is -0.283. The van der Waals surface area contributed by atoms with Gasteiger partial charge in [-0.05, 0) is 37.3 Å². The second kappa shape index (κ2) is 7.95. The van der Waals surface area contributed by atoms with Crippen molar-refractivity contribution in [3.05, 3.63) is 59.5 Å². The lowest BCUT2D eigenvalue weighted by Gasteiger charge is -2.28. The fraction of sp³-hybridized carbons (Fsp3) is 0.320. The number of anilines is 2. The van der Waals surface area contributed by atoms with Crippen molar-refractivity contribution in [3.8, 4) is 11.1 Å². The van der Waals surface area contributed by atoms with Crippen LogP contribution in [0, 0.1) is 12.3 Å². The van der Waals surface area contributed by atoms with Gasteiger partial charge in [0.15, 0.2) is 5.69 Å². The highest BCUT2D eigenvalue weighted by molar-refractivity contribution is 6.04. The molecule has 1 amide bonds.